The van der Waals surface area contributed by atoms with Gasteiger partial charge in [-0.05, 0) is 38.0 Å². The molecule has 0 aromatic heterocycles. The molecule has 1 aromatic rings. The van der Waals surface area contributed by atoms with Crippen LogP contribution in [0.25, 0.3) is 0 Å². The van der Waals surface area contributed by atoms with Crippen LogP contribution in [-0.2, 0) is 16.0 Å². The second kappa shape index (κ2) is 6.60. The zero-order valence-corrected chi connectivity index (χ0v) is 12.7. The molecule has 0 spiro atoms. The van der Waals surface area contributed by atoms with Crippen molar-refractivity contribution >= 4 is 17.8 Å². The van der Waals surface area contributed by atoms with Crippen molar-refractivity contribution in [2.75, 3.05) is 6.54 Å². The van der Waals surface area contributed by atoms with Gasteiger partial charge in [0.25, 0.3) is 0 Å². The van der Waals surface area contributed by atoms with Crippen LogP contribution in [-0.4, -0.2) is 46.4 Å². The highest BCUT2D eigenvalue weighted by molar-refractivity contribution is 5.90. The van der Waals surface area contributed by atoms with Crippen LogP contribution in [0.3, 0.4) is 0 Å². The lowest BCUT2D eigenvalue weighted by Gasteiger charge is -2.21. The van der Waals surface area contributed by atoms with E-state index >= 15 is 0 Å². The fourth-order valence-corrected chi connectivity index (χ4v) is 2.54. The number of aromatic carboxylic acids is 1. The number of likely N-dealkylation sites (tertiary alicyclic amines) is 1. The van der Waals surface area contributed by atoms with Gasteiger partial charge in [0, 0.05) is 12.6 Å². The molecule has 1 aliphatic heterocycles. The van der Waals surface area contributed by atoms with Gasteiger partial charge in [-0.1, -0.05) is 12.1 Å². The molecule has 1 fully saturated rings. The molecule has 0 aliphatic carbocycles. The number of rotatable bonds is 5. The van der Waals surface area contributed by atoms with Crippen LogP contribution in [0.1, 0.15) is 36.2 Å². The van der Waals surface area contributed by atoms with Gasteiger partial charge in [0.2, 0.25) is 11.8 Å². The highest BCUT2D eigenvalue weighted by Crippen LogP contribution is 2.14. The van der Waals surface area contributed by atoms with E-state index in [0.29, 0.717) is 18.5 Å². The van der Waals surface area contributed by atoms with Crippen LogP contribution in [0.2, 0.25) is 0 Å². The number of hydrogen-bond donors (Lipinski definition) is 2. The van der Waals surface area contributed by atoms with E-state index in [9.17, 15) is 14.4 Å². The van der Waals surface area contributed by atoms with Gasteiger partial charge >= 0.3 is 5.97 Å². The van der Waals surface area contributed by atoms with Crippen LogP contribution in [0.15, 0.2) is 24.3 Å². The summed E-state index contributed by atoms with van der Waals surface area (Å²) in [6.45, 7) is 4.56. The zero-order valence-electron chi connectivity index (χ0n) is 12.7. The van der Waals surface area contributed by atoms with Crippen molar-refractivity contribution in [1.29, 1.82) is 0 Å². The summed E-state index contributed by atoms with van der Waals surface area (Å²) >= 11 is 0. The number of hydrogen-bond acceptors (Lipinski definition) is 3. The SMILES string of the molecule is CC(C)N1CCC(NC(=O)Cc2ccc(C(=O)O)cc2)C1=O. The molecule has 2 N–H and O–H groups in total. The predicted molar refractivity (Wildman–Crippen MR) is 80.5 cm³/mol. The molecule has 0 saturated carbocycles. The molecule has 2 rings (SSSR count). The highest BCUT2D eigenvalue weighted by Gasteiger charge is 2.33. The summed E-state index contributed by atoms with van der Waals surface area (Å²) in [4.78, 5) is 36.6. The summed E-state index contributed by atoms with van der Waals surface area (Å²) in [7, 11) is 0. The summed E-state index contributed by atoms with van der Waals surface area (Å²) in [5.41, 5.74) is 0.899. The van der Waals surface area contributed by atoms with Crippen molar-refractivity contribution < 1.29 is 19.5 Å². The normalized spacial score (nSPS) is 17.9. The minimum absolute atomic E-state index is 0.0374. The van der Waals surface area contributed by atoms with Gasteiger partial charge in [0.15, 0.2) is 0 Å². The molecule has 2 amide bonds. The van der Waals surface area contributed by atoms with Gasteiger partial charge in [-0.3, -0.25) is 9.59 Å². The zero-order chi connectivity index (χ0) is 16.3. The van der Waals surface area contributed by atoms with Crippen molar-refractivity contribution in [1.82, 2.24) is 10.2 Å². The molecule has 1 aromatic carbocycles. The number of benzene rings is 1. The van der Waals surface area contributed by atoms with Crippen LogP contribution in [0.4, 0.5) is 0 Å². The molecule has 0 radical (unpaired) electrons. The van der Waals surface area contributed by atoms with Crippen LogP contribution in [0.5, 0.6) is 0 Å². The summed E-state index contributed by atoms with van der Waals surface area (Å²) < 4.78 is 0. The van der Waals surface area contributed by atoms with Crippen molar-refractivity contribution in [3.63, 3.8) is 0 Å². The average molecular weight is 304 g/mol. The first kappa shape index (κ1) is 16.0. The third kappa shape index (κ3) is 3.63. The van der Waals surface area contributed by atoms with Crippen molar-refractivity contribution in [3.8, 4) is 0 Å². The molecular formula is C16H20N2O4. The van der Waals surface area contributed by atoms with Gasteiger partial charge in [0.05, 0.1) is 12.0 Å². The number of carbonyl (C=O) groups excluding carboxylic acids is 2. The topological polar surface area (TPSA) is 86.7 Å². The van der Waals surface area contributed by atoms with Gasteiger partial charge in [-0.2, -0.15) is 0 Å². The minimum atomic E-state index is -0.999. The van der Waals surface area contributed by atoms with Gasteiger partial charge in [-0.15, -0.1) is 0 Å². The minimum Gasteiger partial charge on any atom is -0.478 e. The third-order valence-electron chi connectivity index (χ3n) is 3.76. The predicted octanol–water partition coefficient (Wildman–Crippen LogP) is 1.05. The number of carboxylic acid groups (broad SMARTS) is 1. The summed E-state index contributed by atoms with van der Waals surface area (Å²) in [5, 5.41) is 11.6. The number of amides is 2. The molecule has 1 heterocycles. The summed E-state index contributed by atoms with van der Waals surface area (Å²) in [6, 6.07) is 5.84. The number of nitrogens with zero attached hydrogens (tertiary/aromatic N) is 1. The molecule has 1 aliphatic rings. The molecular weight excluding hydrogens is 284 g/mol. The number of carboxylic acids is 1. The smallest absolute Gasteiger partial charge is 0.335 e. The van der Waals surface area contributed by atoms with E-state index < -0.39 is 12.0 Å². The van der Waals surface area contributed by atoms with E-state index in [-0.39, 0.29) is 29.8 Å². The van der Waals surface area contributed by atoms with Crippen LogP contribution in [0, 0.1) is 0 Å². The first-order valence-electron chi connectivity index (χ1n) is 7.30. The van der Waals surface area contributed by atoms with E-state index in [1.807, 2.05) is 13.8 Å². The molecule has 6 nitrogen and oxygen atoms in total. The molecule has 22 heavy (non-hydrogen) atoms. The Bertz CT molecular complexity index is 580. The highest BCUT2D eigenvalue weighted by atomic mass is 16.4. The van der Waals surface area contributed by atoms with Crippen molar-refractivity contribution in [3.05, 3.63) is 35.4 Å². The molecule has 6 heteroatoms. The quantitative estimate of drug-likeness (QED) is 0.851. The molecule has 1 saturated heterocycles. The maximum Gasteiger partial charge on any atom is 0.335 e. The van der Waals surface area contributed by atoms with Gasteiger partial charge < -0.3 is 15.3 Å². The van der Waals surface area contributed by atoms with Gasteiger partial charge in [-0.25, -0.2) is 4.79 Å². The van der Waals surface area contributed by atoms with E-state index in [0.717, 1.165) is 0 Å². The lowest BCUT2D eigenvalue weighted by molar-refractivity contribution is -0.133. The lowest BCUT2D eigenvalue weighted by atomic mass is 10.1. The van der Waals surface area contributed by atoms with E-state index in [1.54, 1.807) is 17.0 Å². The van der Waals surface area contributed by atoms with E-state index in [4.69, 9.17) is 5.11 Å². The van der Waals surface area contributed by atoms with Gasteiger partial charge in [0.1, 0.15) is 6.04 Å². The van der Waals surface area contributed by atoms with E-state index in [1.165, 1.54) is 12.1 Å². The summed E-state index contributed by atoms with van der Waals surface area (Å²) in [5.74, 6) is -1.27. The van der Waals surface area contributed by atoms with Crippen molar-refractivity contribution in [2.24, 2.45) is 0 Å². The second-order valence-electron chi connectivity index (χ2n) is 5.71. The van der Waals surface area contributed by atoms with E-state index in [2.05, 4.69) is 5.32 Å². The second-order valence-corrected chi connectivity index (χ2v) is 5.71. The Balaban J connectivity index is 1.91. The third-order valence-corrected chi connectivity index (χ3v) is 3.76. The lowest BCUT2D eigenvalue weighted by Crippen LogP contribution is -2.43. The Morgan fingerprint density at radius 2 is 1.95 bits per heavy atom. The maximum absolute atomic E-state index is 12.1. The number of carbonyl (C=O) groups is 3. The first-order valence-corrected chi connectivity index (χ1v) is 7.30. The maximum atomic E-state index is 12.1. The van der Waals surface area contributed by atoms with Crippen molar-refractivity contribution in [2.45, 2.75) is 38.8 Å². The van der Waals surface area contributed by atoms with Crippen LogP contribution >= 0.6 is 0 Å². The summed E-state index contributed by atoms with van der Waals surface area (Å²) in [6.07, 6.45) is 0.756. The Morgan fingerprint density at radius 1 is 1.32 bits per heavy atom. The number of nitrogens with one attached hydrogen (secondary N) is 1. The first-order chi connectivity index (χ1) is 10.4. The molecule has 118 valence electrons. The monoisotopic (exact) mass is 304 g/mol. The fourth-order valence-electron chi connectivity index (χ4n) is 2.54. The molecule has 1 atom stereocenters. The molecule has 1 unspecified atom stereocenters. The standard InChI is InChI=1S/C16H20N2O4/c1-10(2)18-8-7-13(15(18)20)17-14(19)9-11-3-5-12(6-4-11)16(21)22/h3-6,10,13H,7-9H2,1-2H3,(H,17,19)(H,21,22). The van der Waals surface area contributed by atoms with Crippen LogP contribution < -0.4 is 5.32 Å². The fraction of sp³-hybridized carbons (Fsp3) is 0.438. The Kier molecular flexibility index (Phi) is 4.80. The largest absolute Gasteiger partial charge is 0.478 e. The Labute approximate surface area is 129 Å². The Hall–Kier alpha value is -2.37. The molecule has 0 bridgehead atoms. The average Bonchev–Trinajstić information content (AvgIpc) is 2.80. The Morgan fingerprint density at radius 3 is 2.45 bits per heavy atom.